The van der Waals surface area contributed by atoms with E-state index in [-0.39, 0.29) is 6.10 Å². The first-order valence-corrected chi connectivity index (χ1v) is 7.25. The third kappa shape index (κ3) is 4.13. The van der Waals surface area contributed by atoms with Crippen molar-refractivity contribution in [1.82, 2.24) is 0 Å². The molecule has 0 amide bonds. The van der Waals surface area contributed by atoms with Crippen molar-refractivity contribution < 1.29 is 9.84 Å². The molecule has 0 aliphatic heterocycles. The molecule has 0 aromatic heterocycles. The van der Waals surface area contributed by atoms with E-state index in [9.17, 15) is 5.11 Å². The van der Waals surface area contributed by atoms with E-state index in [1.807, 2.05) is 12.1 Å². The summed E-state index contributed by atoms with van der Waals surface area (Å²) in [5, 5.41) is 13.4. The maximum Gasteiger partial charge on any atom is 0.141 e. The van der Waals surface area contributed by atoms with Gasteiger partial charge in [0.25, 0.3) is 0 Å². The molecule has 1 aliphatic rings. The highest BCUT2D eigenvalue weighted by Crippen LogP contribution is 2.29. The zero-order valence-corrected chi connectivity index (χ0v) is 12.0. The summed E-state index contributed by atoms with van der Waals surface area (Å²) in [4.78, 5) is 0. The summed E-state index contributed by atoms with van der Waals surface area (Å²) in [5.41, 5.74) is 2.15. The van der Waals surface area contributed by atoms with Crippen LogP contribution in [-0.4, -0.2) is 24.9 Å². The van der Waals surface area contributed by atoms with E-state index < -0.39 is 0 Å². The molecule has 106 valence electrons. The normalized spacial score (nSPS) is 17.4. The molecule has 0 heterocycles. The molecule has 1 atom stereocenters. The van der Waals surface area contributed by atoms with Gasteiger partial charge in [-0.15, -0.1) is 0 Å². The van der Waals surface area contributed by atoms with Gasteiger partial charge in [0.05, 0.1) is 18.9 Å². The van der Waals surface area contributed by atoms with Gasteiger partial charge in [-0.3, -0.25) is 0 Å². The molecule has 1 aliphatic carbocycles. The van der Waals surface area contributed by atoms with Gasteiger partial charge in [-0.2, -0.15) is 0 Å². The second-order valence-electron chi connectivity index (χ2n) is 5.62. The lowest BCUT2D eigenvalue weighted by Gasteiger charge is -2.18. The zero-order valence-electron chi connectivity index (χ0n) is 12.0. The second kappa shape index (κ2) is 6.80. The number of hydrogen-bond acceptors (Lipinski definition) is 3. The van der Waals surface area contributed by atoms with Crippen LogP contribution < -0.4 is 10.1 Å². The maximum absolute atomic E-state index is 10.1. The van der Waals surface area contributed by atoms with Crippen molar-refractivity contribution in [2.75, 3.05) is 19.0 Å². The standard InChI is InChI=1S/C16H25NO2/c1-12-7-8-16(19-2)15(9-12)17-11-14(18)10-13-5-3-4-6-13/h7-9,13-14,17-18H,3-6,10-11H2,1-2H3. The molecule has 3 heteroatoms. The Morgan fingerprint density at radius 3 is 2.79 bits per heavy atom. The summed E-state index contributed by atoms with van der Waals surface area (Å²) in [6, 6.07) is 6.04. The van der Waals surface area contributed by atoms with Crippen LogP contribution >= 0.6 is 0 Å². The van der Waals surface area contributed by atoms with Crippen molar-refractivity contribution in [2.24, 2.45) is 5.92 Å². The van der Waals surface area contributed by atoms with E-state index in [0.717, 1.165) is 23.8 Å². The summed E-state index contributed by atoms with van der Waals surface area (Å²) in [6.07, 6.45) is 5.87. The summed E-state index contributed by atoms with van der Waals surface area (Å²) in [5.74, 6) is 1.55. The van der Waals surface area contributed by atoms with E-state index in [2.05, 4.69) is 18.3 Å². The van der Waals surface area contributed by atoms with Gasteiger partial charge in [0.2, 0.25) is 0 Å². The quantitative estimate of drug-likeness (QED) is 0.827. The number of rotatable bonds is 6. The third-order valence-electron chi connectivity index (χ3n) is 3.96. The lowest BCUT2D eigenvalue weighted by atomic mass is 10.00. The number of aliphatic hydroxyl groups is 1. The van der Waals surface area contributed by atoms with Gasteiger partial charge in [0.15, 0.2) is 0 Å². The van der Waals surface area contributed by atoms with Crippen LogP contribution in [0.4, 0.5) is 5.69 Å². The van der Waals surface area contributed by atoms with Crippen LogP contribution in [0, 0.1) is 12.8 Å². The zero-order chi connectivity index (χ0) is 13.7. The highest BCUT2D eigenvalue weighted by atomic mass is 16.5. The first-order valence-electron chi connectivity index (χ1n) is 7.25. The van der Waals surface area contributed by atoms with Crippen LogP contribution in [0.25, 0.3) is 0 Å². The fourth-order valence-electron chi connectivity index (χ4n) is 2.90. The van der Waals surface area contributed by atoms with Gasteiger partial charge in [-0.25, -0.2) is 0 Å². The number of ether oxygens (including phenoxy) is 1. The summed E-state index contributed by atoms with van der Waals surface area (Å²) in [7, 11) is 1.67. The fourth-order valence-corrected chi connectivity index (χ4v) is 2.90. The summed E-state index contributed by atoms with van der Waals surface area (Å²) < 4.78 is 5.32. The predicted octanol–water partition coefficient (Wildman–Crippen LogP) is 3.36. The van der Waals surface area contributed by atoms with Crippen molar-refractivity contribution in [1.29, 1.82) is 0 Å². The number of anilines is 1. The monoisotopic (exact) mass is 263 g/mol. The highest BCUT2D eigenvalue weighted by Gasteiger charge is 2.18. The average molecular weight is 263 g/mol. The van der Waals surface area contributed by atoms with Crippen molar-refractivity contribution >= 4 is 5.69 Å². The van der Waals surface area contributed by atoms with E-state index >= 15 is 0 Å². The number of aryl methyl sites for hydroxylation is 1. The first-order chi connectivity index (χ1) is 9.19. The Kier molecular flexibility index (Phi) is 5.08. The topological polar surface area (TPSA) is 41.5 Å². The molecule has 2 N–H and O–H groups in total. The smallest absolute Gasteiger partial charge is 0.141 e. The largest absolute Gasteiger partial charge is 0.495 e. The average Bonchev–Trinajstić information content (AvgIpc) is 2.89. The van der Waals surface area contributed by atoms with Crippen LogP contribution in [-0.2, 0) is 0 Å². The lowest BCUT2D eigenvalue weighted by molar-refractivity contribution is 0.155. The SMILES string of the molecule is COc1ccc(C)cc1NCC(O)CC1CCCC1. The minimum atomic E-state index is -0.270. The number of hydrogen-bond donors (Lipinski definition) is 2. The Bertz CT molecular complexity index is 400. The molecule has 1 saturated carbocycles. The van der Waals surface area contributed by atoms with E-state index in [4.69, 9.17) is 4.74 Å². The lowest BCUT2D eigenvalue weighted by Crippen LogP contribution is -2.22. The summed E-state index contributed by atoms with van der Waals surface area (Å²) >= 11 is 0. The maximum atomic E-state index is 10.1. The molecule has 3 nitrogen and oxygen atoms in total. The van der Waals surface area contributed by atoms with Crippen molar-refractivity contribution in [2.45, 2.75) is 45.1 Å². The molecule has 0 bridgehead atoms. The predicted molar refractivity (Wildman–Crippen MR) is 78.8 cm³/mol. The molecule has 0 spiro atoms. The third-order valence-corrected chi connectivity index (χ3v) is 3.96. The Hall–Kier alpha value is -1.22. The van der Waals surface area contributed by atoms with E-state index in [1.165, 1.54) is 31.2 Å². The van der Waals surface area contributed by atoms with Gasteiger partial charge in [-0.1, -0.05) is 31.7 Å². The van der Waals surface area contributed by atoms with E-state index in [1.54, 1.807) is 7.11 Å². The van der Waals surface area contributed by atoms with Crippen LogP contribution in [0.3, 0.4) is 0 Å². The van der Waals surface area contributed by atoms with Gasteiger partial charge < -0.3 is 15.2 Å². The molecule has 0 radical (unpaired) electrons. The minimum Gasteiger partial charge on any atom is -0.495 e. The van der Waals surface area contributed by atoms with Crippen LogP contribution in [0.15, 0.2) is 18.2 Å². The Balaban J connectivity index is 1.85. The molecule has 0 saturated heterocycles. The Morgan fingerprint density at radius 2 is 2.11 bits per heavy atom. The highest BCUT2D eigenvalue weighted by molar-refractivity contribution is 5.58. The number of aliphatic hydroxyl groups excluding tert-OH is 1. The molecule has 1 fully saturated rings. The van der Waals surface area contributed by atoms with Crippen molar-refractivity contribution in [3.8, 4) is 5.75 Å². The Morgan fingerprint density at radius 1 is 1.37 bits per heavy atom. The Labute approximate surface area is 116 Å². The molecular weight excluding hydrogens is 238 g/mol. The molecule has 19 heavy (non-hydrogen) atoms. The van der Waals surface area contributed by atoms with E-state index in [0.29, 0.717) is 6.54 Å². The van der Waals surface area contributed by atoms with Crippen LogP contribution in [0.1, 0.15) is 37.7 Å². The number of benzene rings is 1. The van der Waals surface area contributed by atoms with Crippen LogP contribution in [0.5, 0.6) is 5.75 Å². The van der Waals surface area contributed by atoms with Gasteiger partial charge in [0.1, 0.15) is 5.75 Å². The van der Waals surface area contributed by atoms with Gasteiger partial charge >= 0.3 is 0 Å². The van der Waals surface area contributed by atoms with Gasteiger partial charge in [-0.05, 0) is 37.0 Å². The minimum absolute atomic E-state index is 0.270. The van der Waals surface area contributed by atoms with Gasteiger partial charge in [0, 0.05) is 6.54 Å². The second-order valence-corrected chi connectivity index (χ2v) is 5.62. The van der Waals surface area contributed by atoms with Crippen LogP contribution in [0.2, 0.25) is 0 Å². The first kappa shape index (κ1) is 14.2. The molecule has 2 rings (SSSR count). The molecular formula is C16H25NO2. The summed E-state index contributed by atoms with van der Waals surface area (Å²) in [6.45, 7) is 2.65. The fraction of sp³-hybridized carbons (Fsp3) is 0.625. The number of methoxy groups -OCH3 is 1. The molecule has 1 unspecified atom stereocenters. The molecule has 1 aromatic carbocycles. The van der Waals surface area contributed by atoms with Crippen molar-refractivity contribution in [3.05, 3.63) is 23.8 Å². The molecule has 1 aromatic rings. The van der Waals surface area contributed by atoms with Crippen molar-refractivity contribution in [3.63, 3.8) is 0 Å². The number of nitrogens with one attached hydrogen (secondary N) is 1.